The highest BCUT2D eigenvalue weighted by Gasteiger charge is 2.38. The van der Waals surface area contributed by atoms with Gasteiger partial charge in [0.2, 0.25) is 5.75 Å². The Bertz CT molecular complexity index is 1200. The van der Waals surface area contributed by atoms with E-state index in [2.05, 4.69) is 15.2 Å². The number of aromatic amines is 1. The van der Waals surface area contributed by atoms with E-state index in [1.807, 2.05) is 6.07 Å². The van der Waals surface area contributed by atoms with Crippen molar-refractivity contribution in [3.63, 3.8) is 0 Å². The molecule has 0 spiro atoms. The number of aryl methyl sites for hydroxylation is 1. The number of rotatable bonds is 4. The van der Waals surface area contributed by atoms with E-state index in [-0.39, 0.29) is 23.6 Å². The predicted molar refractivity (Wildman–Crippen MR) is 93.4 cm³/mol. The molecule has 29 heavy (non-hydrogen) atoms. The molecule has 11 heteroatoms. The van der Waals surface area contributed by atoms with Crippen LogP contribution < -0.4 is 15.9 Å². The molecule has 0 unspecified atom stereocenters. The fraction of sp³-hybridized carbons (Fsp3) is 0.167. The maximum absolute atomic E-state index is 13.4. The number of benzene rings is 1. The molecule has 0 bridgehead atoms. The molecule has 0 fully saturated rings. The number of nitriles is 1. The van der Waals surface area contributed by atoms with Crippen LogP contribution in [0.15, 0.2) is 46.2 Å². The Morgan fingerprint density at radius 2 is 2.00 bits per heavy atom. The Morgan fingerprint density at radius 3 is 2.62 bits per heavy atom. The Kier molecular flexibility index (Phi) is 5.18. The molecule has 0 amide bonds. The summed E-state index contributed by atoms with van der Waals surface area (Å²) in [4.78, 5) is 27.1. The average molecular weight is 403 g/mol. The van der Waals surface area contributed by atoms with Crippen molar-refractivity contribution in [3.8, 4) is 17.6 Å². The van der Waals surface area contributed by atoms with Crippen LogP contribution in [0.1, 0.15) is 22.5 Å². The summed E-state index contributed by atoms with van der Waals surface area (Å²) in [5, 5.41) is 14.9. The van der Waals surface area contributed by atoms with Crippen LogP contribution in [0.25, 0.3) is 0 Å². The van der Waals surface area contributed by atoms with Crippen LogP contribution in [-0.2, 0) is 12.7 Å². The molecule has 2 aromatic heterocycles. The van der Waals surface area contributed by atoms with Gasteiger partial charge in [-0.3, -0.25) is 14.2 Å². The SMILES string of the molecule is Cc1cc(C#N)cc(Oc2c(C(F)(F)F)ncn(Cc3ccc(=O)[nH]n3)c2=O)c1. The molecular weight excluding hydrogens is 391 g/mol. The summed E-state index contributed by atoms with van der Waals surface area (Å²) in [6.45, 7) is 1.39. The summed E-state index contributed by atoms with van der Waals surface area (Å²) in [5.41, 5.74) is -2.11. The largest absolute Gasteiger partial charge is 0.449 e. The number of hydrogen-bond donors (Lipinski definition) is 1. The third-order valence-corrected chi connectivity index (χ3v) is 3.73. The fourth-order valence-corrected chi connectivity index (χ4v) is 2.50. The van der Waals surface area contributed by atoms with Crippen molar-refractivity contribution in [1.82, 2.24) is 19.7 Å². The lowest BCUT2D eigenvalue weighted by molar-refractivity contribution is -0.142. The first-order valence-corrected chi connectivity index (χ1v) is 8.08. The van der Waals surface area contributed by atoms with Crippen molar-refractivity contribution in [3.05, 3.63) is 79.9 Å². The van der Waals surface area contributed by atoms with Gasteiger partial charge in [-0.1, -0.05) is 0 Å². The second-order valence-electron chi connectivity index (χ2n) is 6.01. The smallest absolute Gasteiger partial charge is 0.437 e. The minimum Gasteiger partial charge on any atom is -0.449 e. The highest BCUT2D eigenvalue weighted by molar-refractivity contribution is 5.43. The number of aromatic nitrogens is 4. The van der Waals surface area contributed by atoms with Crippen molar-refractivity contribution in [2.45, 2.75) is 19.6 Å². The Hall–Kier alpha value is -3.94. The van der Waals surface area contributed by atoms with Gasteiger partial charge in [0.1, 0.15) is 5.75 Å². The van der Waals surface area contributed by atoms with E-state index in [9.17, 15) is 22.8 Å². The standard InChI is InChI=1S/C18H12F3N5O3/c1-10-4-11(7-22)6-13(5-10)29-15-16(18(19,20)21)23-9-26(17(15)28)8-12-2-3-14(27)25-24-12/h2-6,9H,8H2,1H3,(H,25,27). The van der Waals surface area contributed by atoms with Gasteiger partial charge in [-0.15, -0.1) is 0 Å². The van der Waals surface area contributed by atoms with Gasteiger partial charge < -0.3 is 4.74 Å². The molecule has 0 saturated heterocycles. The van der Waals surface area contributed by atoms with Gasteiger partial charge in [-0.2, -0.15) is 23.5 Å². The zero-order chi connectivity index (χ0) is 21.2. The van der Waals surface area contributed by atoms with E-state index in [0.29, 0.717) is 5.56 Å². The Morgan fingerprint density at radius 1 is 1.24 bits per heavy atom. The first-order chi connectivity index (χ1) is 13.7. The van der Waals surface area contributed by atoms with E-state index >= 15 is 0 Å². The quantitative estimate of drug-likeness (QED) is 0.716. The topological polar surface area (TPSA) is 114 Å². The van der Waals surface area contributed by atoms with Crippen LogP contribution >= 0.6 is 0 Å². The molecule has 3 aromatic rings. The highest BCUT2D eigenvalue weighted by Crippen LogP contribution is 2.34. The summed E-state index contributed by atoms with van der Waals surface area (Å²) in [6.07, 6.45) is -4.21. The number of nitrogens with one attached hydrogen (secondary N) is 1. The Labute approximate surface area is 160 Å². The van der Waals surface area contributed by atoms with Gasteiger partial charge in [0.25, 0.3) is 11.1 Å². The van der Waals surface area contributed by atoms with Crippen LogP contribution in [0, 0.1) is 18.3 Å². The van der Waals surface area contributed by atoms with E-state index < -0.39 is 28.7 Å². The van der Waals surface area contributed by atoms with Gasteiger partial charge in [0.05, 0.1) is 30.2 Å². The lowest BCUT2D eigenvalue weighted by Gasteiger charge is -2.14. The van der Waals surface area contributed by atoms with Gasteiger partial charge in [-0.05, 0) is 36.8 Å². The number of halogens is 3. The molecule has 1 N–H and O–H groups in total. The summed E-state index contributed by atoms with van der Waals surface area (Å²) < 4.78 is 46.2. The second kappa shape index (κ2) is 7.59. The monoisotopic (exact) mass is 403 g/mol. The number of hydrogen-bond acceptors (Lipinski definition) is 6. The minimum absolute atomic E-state index is 0.106. The normalized spacial score (nSPS) is 11.1. The van der Waals surface area contributed by atoms with Crippen LogP contribution in [0.4, 0.5) is 13.2 Å². The maximum Gasteiger partial charge on any atom is 0.437 e. The van der Waals surface area contributed by atoms with Crippen molar-refractivity contribution in [2.24, 2.45) is 0 Å². The van der Waals surface area contributed by atoms with Crippen LogP contribution in [0.2, 0.25) is 0 Å². The lowest BCUT2D eigenvalue weighted by atomic mass is 10.1. The molecule has 0 aliphatic heterocycles. The van der Waals surface area contributed by atoms with Gasteiger partial charge in [0, 0.05) is 6.07 Å². The highest BCUT2D eigenvalue weighted by atomic mass is 19.4. The first kappa shape index (κ1) is 19.8. The van der Waals surface area contributed by atoms with E-state index in [1.165, 1.54) is 30.3 Å². The van der Waals surface area contributed by atoms with E-state index in [4.69, 9.17) is 10.00 Å². The zero-order valence-electron chi connectivity index (χ0n) is 14.8. The third kappa shape index (κ3) is 4.49. The van der Waals surface area contributed by atoms with Crippen LogP contribution in [-0.4, -0.2) is 19.7 Å². The molecule has 0 aliphatic carbocycles. The number of ether oxygens (including phenoxy) is 1. The molecule has 148 valence electrons. The molecule has 8 nitrogen and oxygen atoms in total. The Balaban J connectivity index is 2.09. The predicted octanol–water partition coefficient (Wildman–Crippen LogP) is 2.37. The zero-order valence-corrected chi connectivity index (χ0v) is 14.8. The molecule has 0 aliphatic rings. The van der Waals surface area contributed by atoms with Gasteiger partial charge >= 0.3 is 6.18 Å². The third-order valence-electron chi connectivity index (χ3n) is 3.73. The van der Waals surface area contributed by atoms with E-state index in [1.54, 1.807) is 6.92 Å². The number of alkyl halides is 3. The maximum atomic E-state index is 13.4. The molecule has 2 heterocycles. The summed E-state index contributed by atoms with van der Waals surface area (Å²) in [6, 6.07) is 8.47. The van der Waals surface area contributed by atoms with Crippen LogP contribution in [0.5, 0.6) is 11.5 Å². The lowest BCUT2D eigenvalue weighted by Crippen LogP contribution is -2.27. The van der Waals surface area contributed by atoms with Crippen LogP contribution in [0.3, 0.4) is 0 Å². The summed E-state index contributed by atoms with van der Waals surface area (Å²) >= 11 is 0. The van der Waals surface area contributed by atoms with Crippen molar-refractivity contribution < 1.29 is 17.9 Å². The fourth-order valence-electron chi connectivity index (χ4n) is 2.50. The van der Waals surface area contributed by atoms with Crippen molar-refractivity contribution >= 4 is 0 Å². The molecule has 1 aromatic carbocycles. The molecule has 3 rings (SSSR count). The first-order valence-electron chi connectivity index (χ1n) is 8.08. The van der Waals surface area contributed by atoms with E-state index in [0.717, 1.165) is 10.9 Å². The number of nitrogens with zero attached hydrogens (tertiary/aromatic N) is 4. The summed E-state index contributed by atoms with van der Waals surface area (Å²) in [7, 11) is 0. The van der Waals surface area contributed by atoms with Crippen molar-refractivity contribution in [1.29, 1.82) is 5.26 Å². The molecular formula is C18H12F3N5O3. The average Bonchev–Trinajstić information content (AvgIpc) is 2.65. The molecule has 0 saturated carbocycles. The summed E-state index contributed by atoms with van der Waals surface area (Å²) in [5.74, 6) is -1.13. The second-order valence-corrected chi connectivity index (χ2v) is 6.01. The minimum atomic E-state index is -4.94. The van der Waals surface area contributed by atoms with Crippen molar-refractivity contribution in [2.75, 3.05) is 0 Å². The molecule has 0 atom stereocenters. The van der Waals surface area contributed by atoms with Gasteiger partial charge in [-0.25, -0.2) is 10.1 Å². The number of H-pyrrole nitrogens is 1. The molecule has 0 radical (unpaired) electrons. The van der Waals surface area contributed by atoms with Gasteiger partial charge in [0.15, 0.2) is 5.69 Å².